The van der Waals surface area contributed by atoms with Crippen molar-refractivity contribution < 1.29 is 9.59 Å². The average molecular weight is 438 g/mol. The molecular weight excluding hydrogens is 410 g/mol. The third kappa shape index (κ3) is 4.07. The summed E-state index contributed by atoms with van der Waals surface area (Å²) in [5, 5.41) is 2.35. The summed E-state index contributed by atoms with van der Waals surface area (Å²) in [5.41, 5.74) is 3.76. The summed E-state index contributed by atoms with van der Waals surface area (Å²) in [4.78, 5) is 35.4. The fourth-order valence-corrected chi connectivity index (χ4v) is 5.37. The van der Waals surface area contributed by atoms with Gasteiger partial charge in [-0.3, -0.25) is 24.7 Å². The highest BCUT2D eigenvalue weighted by Gasteiger charge is 2.39. The molecule has 5 rings (SSSR count). The quantitative estimate of drug-likeness (QED) is 0.563. The fraction of sp³-hybridized carbons (Fsp3) is 0.435. The predicted molar refractivity (Wildman–Crippen MR) is 122 cm³/mol. The monoisotopic (exact) mass is 437 g/mol. The van der Waals surface area contributed by atoms with E-state index in [1.165, 1.54) is 16.7 Å². The zero-order chi connectivity index (χ0) is 21.4. The van der Waals surface area contributed by atoms with Crippen molar-refractivity contribution in [2.45, 2.75) is 37.3 Å². The van der Waals surface area contributed by atoms with Crippen LogP contribution in [0.15, 0.2) is 42.6 Å². The largest absolute Gasteiger partial charge is 0.354 e. The van der Waals surface area contributed by atoms with Crippen LogP contribution in [0.2, 0.25) is 0 Å². The van der Waals surface area contributed by atoms with Gasteiger partial charge in [0.1, 0.15) is 5.82 Å². The molecule has 1 aromatic carbocycles. The Morgan fingerprint density at radius 3 is 2.65 bits per heavy atom. The summed E-state index contributed by atoms with van der Waals surface area (Å²) in [6, 6.07) is 12.1. The van der Waals surface area contributed by atoms with Gasteiger partial charge in [0.2, 0.25) is 11.8 Å². The Labute approximate surface area is 187 Å². The van der Waals surface area contributed by atoms with Gasteiger partial charge in [-0.2, -0.15) is 12.6 Å². The van der Waals surface area contributed by atoms with Crippen LogP contribution in [0.3, 0.4) is 0 Å². The van der Waals surface area contributed by atoms with Gasteiger partial charge in [0, 0.05) is 51.9 Å². The summed E-state index contributed by atoms with van der Waals surface area (Å²) in [5.74, 6) is 0.662. The van der Waals surface area contributed by atoms with Crippen LogP contribution < -0.4 is 10.2 Å². The summed E-state index contributed by atoms with van der Waals surface area (Å²) in [6.07, 6.45) is 2.79. The van der Waals surface area contributed by atoms with E-state index in [1.54, 1.807) is 0 Å². The molecule has 1 N–H and O–H groups in total. The smallest absolute Gasteiger partial charge is 0.243 e. The summed E-state index contributed by atoms with van der Waals surface area (Å²) >= 11 is 4.84. The van der Waals surface area contributed by atoms with Crippen LogP contribution in [-0.2, 0) is 22.7 Å². The number of carbonyl (C=O) groups excluding carboxylic acids is 2. The van der Waals surface area contributed by atoms with Gasteiger partial charge in [0.05, 0.1) is 11.4 Å². The van der Waals surface area contributed by atoms with E-state index in [4.69, 9.17) is 12.6 Å². The molecule has 2 aromatic rings. The number of piperazine rings is 1. The van der Waals surface area contributed by atoms with Crippen LogP contribution in [0.25, 0.3) is 0 Å². The van der Waals surface area contributed by atoms with Gasteiger partial charge < -0.3 is 4.90 Å². The Hall–Kier alpha value is -2.42. The molecule has 3 aliphatic heterocycles. The first-order chi connectivity index (χ1) is 15.1. The van der Waals surface area contributed by atoms with E-state index in [0.717, 1.165) is 38.5 Å². The molecule has 2 unspecified atom stereocenters. The van der Waals surface area contributed by atoms with Crippen molar-refractivity contribution in [2.75, 3.05) is 31.1 Å². The molecular formula is C23H27N5O2S. The number of nitrogens with zero attached hydrogens (tertiary/aromatic N) is 4. The summed E-state index contributed by atoms with van der Waals surface area (Å²) in [6.45, 7) is 5.48. The number of carbonyl (C=O) groups is 2. The first kappa shape index (κ1) is 20.5. The van der Waals surface area contributed by atoms with Crippen molar-refractivity contribution in [3.05, 3.63) is 59.3 Å². The minimum absolute atomic E-state index is 0.125. The molecule has 2 atom stereocenters. The third-order valence-electron chi connectivity index (χ3n) is 6.59. The van der Waals surface area contributed by atoms with Gasteiger partial charge in [-0.05, 0) is 35.2 Å². The fourth-order valence-electron chi connectivity index (χ4n) is 4.88. The average Bonchev–Trinajstić information content (AvgIpc) is 3.12. The number of nitrogens with one attached hydrogen (secondary N) is 1. The van der Waals surface area contributed by atoms with Crippen LogP contribution in [0.4, 0.5) is 5.82 Å². The summed E-state index contributed by atoms with van der Waals surface area (Å²) < 4.78 is 0. The first-order valence-electron chi connectivity index (χ1n) is 10.9. The minimum atomic E-state index is -0.303. The molecule has 8 heteroatoms. The molecule has 2 amide bonds. The standard InChI is InChI=1S/C23H27N5O2S/c29-21-8-7-19(22(30)25-21)28-15-18-16(4-3-5-17(18)23(28)31)14-26-10-12-27(13-11-26)20-6-1-2-9-24-20/h1-6,9,19,23,31H,7-8,10-15H2,(H,25,29,30). The van der Waals surface area contributed by atoms with Crippen LogP contribution >= 0.6 is 12.6 Å². The van der Waals surface area contributed by atoms with Crippen molar-refractivity contribution in [3.63, 3.8) is 0 Å². The molecule has 0 spiro atoms. The van der Waals surface area contributed by atoms with Gasteiger partial charge in [0.25, 0.3) is 0 Å². The van der Waals surface area contributed by atoms with Crippen molar-refractivity contribution in [1.82, 2.24) is 20.1 Å². The van der Waals surface area contributed by atoms with E-state index in [1.807, 2.05) is 18.3 Å². The highest BCUT2D eigenvalue weighted by molar-refractivity contribution is 7.80. The lowest BCUT2D eigenvalue weighted by atomic mass is 10.0. The van der Waals surface area contributed by atoms with E-state index in [2.05, 4.69) is 49.3 Å². The van der Waals surface area contributed by atoms with Gasteiger partial charge in [0.15, 0.2) is 0 Å². The number of rotatable bonds is 4. The van der Waals surface area contributed by atoms with E-state index in [0.29, 0.717) is 19.4 Å². The van der Waals surface area contributed by atoms with Crippen LogP contribution in [-0.4, -0.2) is 58.8 Å². The minimum Gasteiger partial charge on any atom is -0.354 e. The van der Waals surface area contributed by atoms with Gasteiger partial charge in [-0.25, -0.2) is 4.98 Å². The molecule has 0 bridgehead atoms. The number of aromatic nitrogens is 1. The molecule has 31 heavy (non-hydrogen) atoms. The number of hydrogen-bond acceptors (Lipinski definition) is 7. The molecule has 2 fully saturated rings. The van der Waals surface area contributed by atoms with E-state index >= 15 is 0 Å². The Kier molecular flexibility index (Phi) is 5.69. The highest BCUT2D eigenvalue weighted by Crippen LogP contribution is 2.40. The second-order valence-corrected chi connectivity index (χ2v) is 8.94. The lowest BCUT2D eigenvalue weighted by Crippen LogP contribution is -2.51. The summed E-state index contributed by atoms with van der Waals surface area (Å²) in [7, 11) is 0. The molecule has 0 saturated carbocycles. The maximum Gasteiger partial charge on any atom is 0.243 e. The molecule has 162 valence electrons. The third-order valence-corrected chi connectivity index (χ3v) is 7.17. The predicted octanol–water partition coefficient (Wildman–Crippen LogP) is 1.95. The zero-order valence-corrected chi connectivity index (χ0v) is 18.3. The van der Waals surface area contributed by atoms with Gasteiger partial charge >= 0.3 is 0 Å². The van der Waals surface area contributed by atoms with E-state index in [9.17, 15) is 9.59 Å². The molecule has 0 aliphatic carbocycles. The van der Waals surface area contributed by atoms with E-state index in [-0.39, 0.29) is 23.2 Å². The van der Waals surface area contributed by atoms with Crippen LogP contribution in [0.5, 0.6) is 0 Å². The highest BCUT2D eigenvalue weighted by atomic mass is 32.1. The van der Waals surface area contributed by atoms with E-state index < -0.39 is 0 Å². The zero-order valence-electron chi connectivity index (χ0n) is 17.4. The lowest BCUT2D eigenvalue weighted by Gasteiger charge is -2.35. The van der Waals surface area contributed by atoms with Crippen molar-refractivity contribution >= 4 is 30.3 Å². The van der Waals surface area contributed by atoms with Crippen LogP contribution in [0.1, 0.15) is 34.9 Å². The number of imide groups is 1. The van der Waals surface area contributed by atoms with Crippen molar-refractivity contribution in [3.8, 4) is 0 Å². The number of thiol groups is 1. The van der Waals surface area contributed by atoms with Gasteiger partial charge in [-0.1, -0.05) is 24.3 Å². The maximum atomic E-state index is 12.4. The molecule has 3 aliphatic rings. The Balaban J connectivity index is 1.26. The molecule has 2 saturated heterocycles. The number of amides is 2. The van der Waals surface area contributed by atoms with Crippen molar-refractivity contribution in [1.29, 1.82) is 0 Å². The molecule has 7 nitrogen and oxygen atoms in total. The molecule has 1 aromatic heterocycles. The molecule has 4 heterocycles. The number of pyridine rings is 1. The topological polar surface area (TPSA) is 68.8 Å². The number of piperidine rings is 1. The Morgan fingerprint density at radius 2 is 1.90 bits per heavy atom. The number of hydrogen-bond donors (Lipinski definition) is 2. The van der Waals surface area contributed by atoms with Gasteiger partial charge in [-0.15, -0.1) is 0 Å². The normalized spacial score (nSPS) is 24.9. The van der Waals surface area contributed by atoms with Crippen molar-refractivity contribution in [2.24, 2.45) is 0 Å². The Morgan fingerprint density at radius 1 is 1.06 bits per heavy atom. The first-order valence-corrected chi connectivity index (χ1v) is 11.4. The second kappa shape index (κ2) is 8.61. The Bertz CT molecular complexity index is 977. The molecule has 0 radical (unpaired) electrons. The lowest BCUT2D eigenvalue weighted by molar-refractivity contribution is -0.137. The maximum absolute atomic E-state index is 12.4. The number of fused-ring (bicyclic) bond motifs is 1. The number of benzene rings is 1. The van der Waals surface area contributed by atoms with Crippen LogP contribution in [0, 0.1) is 0 Å². The SMILES string of the molecule is O=C1CCC(N2Cc3c(CN4CCN(c5ccccn5)CC4)cccc3C2S)C(=O)N1. The second-order valence-electron chi connectivity index (χ2n) is 8.45. The number of anilines is 1.